The van der Waals surface area contributed by atoms with Crippen LogP contribution in [0.1, 0.15) is 19.3 Å². The van der Waals surface area contributed by atoms with Gasteiger partial charge in [0.25, 0.3) is 5.92 Å². The first-order valence-electron chi connectivity index (χ1n) is 8.26. The second kappa shape index (κ2) is 6.88. The molecule has 3 rings (SSSR count). The fraction of sp³-hybridized carbons (Fsp3) is 0.625. The lowest BCUT2D eigenvalue weighted by Gasteiger charge is -2.37. The summed E-state index contributed by atoms with van der Waals surface area (Å²) in [7, 11) is 0. The number of alkyl halides is 2. The first kappa shape index (κ1) is 16.9. The average Bonchev–Trinajstić information content (AvgIpc) is 3.09. The number of amides is 2. The van der Waals surface area contributed by atoms with Crippen molar-refractivity contribution in [2.45, 2.75) is 25.2 Å². The monoisotopic (exact) mass is 340 g/mol. The van der Waals surface area contributed by atoms with Gasteiger partial charge in [-0.15, -0.1) is 0 Å². The molecule has 132 valence electrons. The van der Waals surface area contributed by atoms with Gasteiger partial charge in [-0.05, 0) is 25.0 Å². The maximum Gasteiger partial charge on any atom is 0.321 e. The number of urea groups is 1. The molecule has 2 fully saturated rings. The summed E-state index contributed by atoms with van der Waals surface area (Å²) in [5.41, 5.74) is 0.585. The fourth-order valence-electron chi connectivity index (χ4n) is 3.22. The first-order chi connectivity index (χ1) is 11.5. The molecule has 2 aliphatic rings. The number of pyridine rings is 1. The minimum atomic E-state index is -2.93. The van der Waals surface area contributed by atoms with E-state index in [1.54, 1.807) is 18.3 Å². The zero-order valence-corrected chi connectivity index (χ0v) is 13.4. The Kier molecular flexibility index (Phi) is 4.84. The number of aromatic nitrogens is 1. The Morgan fingerprint density at radius 3 is 2.83 bits per heavy atom. The number of nitrogens with zero attached hydrogens (tertiary/aromatic N) is 3. The van der Waals surface area contributed by atoms with E-state index in [0.29, 0.717) is 11.5 Å². The number of carbonyl (C=O) groups is 1. The van der Waals surface area contributed by atoms with E-state index in [9.17, 15) is 13.6 Å². The molecule has 2 amide bonds. The van der Waals surface area contributed by atoms with Crippen LogP contribution in [0.2, 0.25) is 0 Å². The van der Waals surface area contributed by atoms with Crippen LogP contribution >= 0.6 is 0 Å². The highest BCUT2D eigenvalue weighted by Crippen LogP contribution is 2.33. The zero-order valence-electron chi connectivity index (χ0n) is 13.4. The third-order valence-corrected chi connectivity index (χ3v) is 4.69. The Balaban J connectivity index is 1.69. The lowest BCUT2D eigenvalue weighted by Crippen LogP contribution is -2.51. The number of rotatable bonds is 3. The summed E-state index contributed by atoms with van der Waals surface area (Å²) in [5.74, 6) is -3.44. The molecule has 8 heteroatoms. The van der Waals surface area contributed by atoms with Gasteiger partial charge >= 0.3 is 6.03 Å². The predicted molar refractivity (Wildman–Crippen MR) is 86.4 cm³/mol. The number of aliphatic hydroxyl groups is 1. The van der Waals surface area contributed by atoms with Crippen LogP contribution in [-0.4, -0.2) is 59.7 Å². The van der Waals surface area contributed by atoms with Gasteiger partial charge in [0.15, 0.2) is 5.82 Å². The normalized spacial score (nSPS) is 23.4. The van der Waals surface area contributed by atoms with Crippen LogP contribution in [0.3, 0.4) is 0 Å². The van der Waals surface area contributed by atoms with E-state index in [1.165, 1.54) is 4.90 Å². The Labute approximate surface area is 139 Å². The quantitative estimate of drug-likeness (QED) is 0.885. The molecule has 2 saturated heterocycles. The molecule has 0 aliphatic carbocycles. The average molecular weight is 340 g/mol. The highest BCUT2D eigenvalue weighted by Gasteiger charge is 2.44. The van der Waals surface area contributed by atoms with Gasteiger partial charge in [-0.3, -0.25) is 0 Å². The van der Waals surface area contributed by atoms with Gasteiger partial charge in [-0.2, -0.15) is 0 Å². The number of carbonyl (C=O) groups excluding carboxylic acids is 1. The summed E-state index contributed by atoms with van der Waals surface area (Å²) >= 11 is 0. The minimum Gasteiger partial charge on any atom is -0.396 e. The van der Waals surface area contributed by atoms with Crippen LogP contribution in [0.25, 0.3) is 0 Å². The second-order valence-electron chi connectivity index (χ2n) is 6.34. The number of hydrogen-bond acceptors (Lipinski definition) is 4. The van der Waals surface area contributed by atoms with Gasteiger partial charge in [0.2, 0.25) is 0 Å². The number of hydrogen-bond donors (Lipinski definition) is 2. The molecule has 1 aromatic heterocycles. The fourth-order valence-corrected chi connectivity index (χ4v) is 3.22. The third kappa shape index (κ3) is 3.43. The van der Waals surface area contributed by atoms with Gasteiger partial charge < -0.3 is 20.2 Å². The number of likely N-dealkylation sites (tertiary alicyclic amines) is 1. The van der Waals surface area contributed by atoms with Crippen molar-refractivity contribution in [3.05, 3.63) is 18.3 Å². The molecule has 2 N–H and O–H groups in total. The Morgan fingerprint density at radius 2 is 2.12 bits per heavy atom. The summed E-state index contributed by atoms with van der Waals surface area (Å²) in [6.45, 7) is 0.955. The van der Waals surface area contributed by atoms with E-state index in [2.05, 4.69) is 15.2 Å². The van der Waals surface area contributed by atoms with Crippen molar-refractivity contribution in [1.82, 2.24) is 9.88 Å². The number of halogens is 2. The molecule has 0 spiro atoms. The molecule has 6 nitrogen and oxygen atoms in total. The van der Waals surface area contributed by atoms with Crippen molar-refractivity contribution >= 4 is 17.5 Å². The van der Waals surface area contributed by atoms with Gasteiger partial charge in [-0.1, -0.05) is 0 Å². The van der Waals surface area contributed by atoms with Gasteiger partial charge in [0.05, 0.1) is 18.2 Å². The molecule has 0 radical (unpaired) electrons. The van der Waals surface area contributed by atoms with Crippen molar-refractivity contribution < 1.29 is 18.7 Å². The molecule has 24 heavy (non-hydrogen) atoms. The minimum absolute atomic E-state index is 0.0331. The summed E-state index contributed by atoms with van der Waals surface area (Å²) in [4.78, 5) is 20.2. The SMILES string of the molecule is O=C(Nc1cccnc1N1CCCC1)N1CCC(F)(F)C(CO)C1. The van der Waals surface area contributed by atoms with E-state index < -0.39 is 30.9 Å². The van der Waals surface area contributed by atoms with Crippen molar-refractivity contribution in [3.63, 3.8) is 0 Å². The van der Waals surface area contributed by atoms with E-state index in [-0.39, 0.29) is 13.1 Å². The summed E-state index contributed by atoms with van der Waals surface area (Å²) in [6, 6.07) is 3.06. The number of piperidine rings is 1. The molecule has 0 saturated carbocycles. The largest absolute Gasteiger partial charge is 0.396 e. The predicted octanol–water partition coefficient (Wildman–Crippen LogP) is 2.16. The lowest BCUT2D eigenvalue weighted by molar-refractivity contribution is -0.111. The van der Waals surface area contributed by atoms with Gasteiger partial charge in [-0.25, -0.2) is 18.6 Å². The van der Waals surface area contributed by atoms with Gasteiger partial charge in [0.1, 0.15) is 0 Å². The van der Waals surface area contributed by atoms with Crippen LogP contribution in [-0.2, 0) is 0 Å². The van der Waals surface area contributed by atoms with Gasteiger partial charge in [0, 0.05) is 38.8 Å². The Hall–Kier alpha value is -1.96. The molecular weight excluding hydrogens is 318 g/mol. The Morgan fingerprint density at radius 1 is 1.38 bits per heavy atom. The maximum absolute atomic E-state index is 13.7. The zero-order chi connectivity index (χ0) is 17.2. The molecule has 0 bridgehead atoms. The maximum atomic E-state index is 13.7. The molecule has 3 heterocycles. The summed E-state index contributed by atoms with van der Waals surface area (Å²) in [6.07, 6.45) is 3.41. The molecule has 1 unspecified atom stereocenters. The molecular formula is C16H22F2N4O2. The lowest BCUT2D eigenvalue weighted by atomic mass is 9.94. The van der Waals surface area contributed by atoms with Crippen LogP contribution in [0, 0.1) is 5.92 Å². The van der Waals surface area contributed by atoms with E-state index in [0.717, 1.165) is 25.9 Å². The number of anilines is 2. The number of nitrogens with one attached hydrogen (secondary N) is 1. The van der Waals surface area contributed by atoms with Crippen molar-refractivity contribution in [1.29, 1.82) is 0 Å². The molecule has 0 aromatic carbocycles. The smallest absolute Gasteiger partial charge is 0.321 e. The van der Waals surface area contributed by atoms with Crippen molar-refractivity contribution in [3.8, 4) is 0 Å². The van der Waals surface area contributed by atoms with Crippen LogP contribution in [0.5, 0.6) is 0 Å². The third-order valence-electron chi connectivity index (χ3n) is 4.69. The Bertz CT molecular complexity index is 593. The van der Waals surface area contributed by atoms with E-state index in [1.807, 2.05) is 0 Å². The van der Waals surface area contributed by atoms with Crippen LogP contribution in [0.4, 0.5) is 25.1 Å². The second-order valence-corrected chi connectivity index (χ2v) is 6.34. The molecule has 1 atom stereocenters. The van der Waals surface area contributed by atoms with Crippen molar-refractivity contribution in [2.75, 3.05) is 43.0 Å². The highest BCUT2D eigenvalue weighted by atomic mass is 19.3. The molecule has 2 aliphatic heterocycles. The standard InChI is InChI=1S/C16H22F2N4O2/c17-16(18)5-9-22(10-12(16)11-23)15(24)20-13-4-3-6-19-14(13)21-7-1-2-8-21/h3-4,6,12,23H,1-2,5,7-11H2,(H,20,24). The summed E-state index contributed by atoms with van der Waals surface area (Å²) < 4.78 is 27.3. The van der Waals surface area contributed by atoms with Crippen LogP contribution < -0.4 is 10.2 Å². The highest BCUT2D eigenvalue weighted by molar-refractivity contribution is 5.92. The van der Waals surface area contributed by atoms with Crippen molar-refractivity contribution in [2.24, 2.45) is 5.92 Å². The van der Waals surface area contributed by atoms with E-state index in [4.69, 9.17) is 5.11 Å². The van der Waals surface area contributed by atoms with Crippen LogP contribution in [0.15, 0.2) is 18.3 Å². The summed E-state index contributed by atoms with van der Waals surface area (Å²) in [5, 5.41) is 11.9. The molecule has 1 aromatic rings. The van der Waals surface area contributed by atoms with E-state index >= 15 is 0 Å². The number of aliphatic hydroxyl groups excluding tert-OH is 1. The first-order valence-corrected chi connectivity index (χ1v) is 8.26. The topological polar surface area (TPSA) is 68.7 Å².